The molecule has 0 aliphatic carbocycles. The number of hydrogen-bond acceptors (Lipinski definition) is 3. The Morgan fingerprint density at radius 2 is 2.21 bits per heavy atom. The lowest BCUT2D eigenvalue weighted by Crippen LogP contribution is -2.40. The van der Waals surface area contributed by atoms with Crippen molar-refractivity contribution >= 4 is 0 Å². The van der Waals surface area contributed by atoms with Gasteiger partial charge in [-0.2, -0.15) is 5.10 Å². The number of rotatable bonds is 4. The molecule has 0 bridgehead atoms. The maximum atomic E-state index is 5.88. The molecule has 2 fully saturated rings. The van der Waals surface area contributed by atoms with Gasteiger partial charge in [-0.05, 0) is 51.1 Å². The molecule has 19 heavy (non-hydrogen) atoms. The topological polar surface area (TPSA) is 30.3 Å². The van der Waals surface area contributed by atoms with Crippen LogP contribution in [0.5, 0.6) is 0 Å². The quantitative estimate of drug-likeness (QED) is 0.834. The zero-order valence-corrected chi connectivity index (χ0v) is 11.9. The SMILES string of the molecule is Cc1cnn(CC2CCCN2CC2CCCCO2)c1. The minimum atomic E-state index is 0.466. The van der Waals surface area contributed by atoms with Gasteiger partial charge in [0.2, 0.25) is 0 Å². The van der Waals surface area contributed by atoms with Gasteiger partial charge >= 0.3 is 0 Å². The first kappa shape index (κ1) is 13.1. The molecule has 0 spiro atoms. The first-order valence-corrected chi connectivity index (χ1v) is 7.66. The third-order valence-electron chi connectivity index (χ3n) is 4.37. The van der Waals surface area contributed by atoms with E-state index < -0.39 is 0 Å². The third kappa shape index (κ3) is 3.37. The van der Waals surface area contributed by atoms with Gasteiger partial charge < -0.3 is 4.74 Å². The zero-order chi connectivity index (χ0) is 13.1. The molecule has 1 aromatic rings. The van der Waals surface area contributed by atoms with Crippen LogP contribution in [-0.2, 0) is 11.3 Å². The molecular weight excluding hydrogens is 238 g/mol. The molecule has 2 saturated heterocycles. The molecule has 3 heterocycles. The molecule has 2 unspecified atom stereocenters. The van der Waals surface area contributed by atoms with Crippen LogP contribution in [0.4, 0.5) is 0 Å². The number of nitrogens with zero attached hydrogens (tertiary/aromatic N) is 3. The van der Waals surface area contributed by atoms with Crippen LogP contribution in [0.1, 0.15) is 37.7 Å². The summed E-state index contributed by atoms with van der Waals surface area (Å²) in [5.41, 5.74) is 1.25. The van der Waals surface area contributed by atoms with Gasteiger partial charge in [0.1, 0.15) is 0 Å². The highest BCUT2D eigenvalue weighted by molar-refractivity contribution is 4.99. The summed E-state index contributed by atoms with van der Waals surface area (Å²) in [6.07, 6.45) is 11.0. The molecule has 0 amide bonds. The highest BCUT2D eigenvalue weighted by Gasteiger charge is 2.28. The second kappa shape index (κ2) is 6.06. The van der Waals surface area contributed by atoms with E-state index in [0.717, 1.165) is 19.7 Å². The van der Waals surface area contributed by atoms with Crippen LogP contribution in [0.25, 0.3) is 0 Å². The molecule has 3 rings (SSSR count). The minimum absolute atomic E-state index is 0.466. The van der Waals surface area contributed by atoms with E-state index in [0.29, 0.717) is 12.1 Å². The van der Waals surface area contributed by atoms with E-state index in [9.17, 15) is 0 Å². The smallest absolute Gasteiger partial charge is 0.0702 e. The largest absolute Gasteiger partial charge is 0.377 e. The Hall–Kier alpha value is -0.870. The second-order valence-corrected chi connectivity index (χ2v) is 6.02. The lowest BCUT2D eigenvalue weighted by atomic mass is 10.1. The average molecular weight is 263 g/mol. The van der Waals surface area contributed by atoms with Crippen LogP contribution in [0.15, 0.2) is 12.4 Å². The van der Waals surface area contributed by atoms with Crippen molar-refractivity contribution in [1.82, 2.24) is 14.7 Å². The number of likely N-dealkylation sites (tertiary alicyclic amines) is 1. The van der Waals surface area contributed by atoms with Crippen molar-refractivity contribution < 1.29 is 4.74 Å². The van der Waals surface area contributed by atoms with Gasteiger partial charge in [-0.25, -0.2) is 0 Å². The van der Waals surface area contributed by atoms with Gasteiger partial charge in [-0.15, -0.1) is 0 Å². The van der Waals surface area contributed by atoms with Gasteiger partial charge in [-0.1, -0.05) is 0 Å². The van der Waals surface area contributed by atoms with Crippen molar-refractivity contribution in [2.75, 3.05) is 19.7 Å². The summed E-state index contributed by atoms with van der Waals surface area (Å²) in [7, 11) is 0. The van der Waals surface area contributed by atoms with E-state index in [4.69, 9.17) is 4.74 Å². The highest BCUT2D eigenvalue weighted by Crippen LogP contribution is 2.22. The van der Waals surface area contributed by atoms with Gasteiger partial charge in [0.15, 0.2) is 0 Å². The van der Waals surface area contributed by atoms with Crippen LogP contribution in [0.2, 0.25) is 0 Å². The van der Waals surface area contributed by atoms with E-state index in [2.05, 4.69) is 27.8 Å². The summed E-state index contributed by atoms with van der Waals surface area (Å²) < 4.78 is 7.98. The third-order valence-corrected chi connectivity index (χ3v) is 4.37. The van der Waals surface area contributed by atoms with Gasteiger partial charge in [0.25, 0.3) is 0 Å². The standard InChI is InChI=1S/C15H25N3O/c1-13-9-16-18(10-13)11-14-5-4-7-17(14)12-15-6-2-3-8-19-15/h9-10,14-15H,2-8,11-12H2,1H3. The Bertz CT molecular complexity index is 398. The fourth-order valence-corrected chi connectivity index (χ4v) is 3.34. The predicted molar refractivity (Wildman–Crippen MR) is 75.2 cm³/mol. The van der Waals surface area contributed by atoms with E-state index in [1.54, 1.807) is 0 Å². The van der Waals surface area contributed by atoms with Crippen LogP contribution in [0.3, 0.4) is 0 Å². The summed E-state index contributed by atoms with van der Waals surface area (Å²) in [4.78, 5) is 2.62. The zero-order valence-electron chi connectivity index (χ0n) is 11.9. The first-order valence-electron chi connectivity index (χ1n) is 7.66. The molecule has 106 valence electrons. The number of ether oxygens (including phenoxy) is 1. The summed E-state index contributed by atoms with van der Waals surface area (Å²) in [6, 6.07) is 0.643. The summed E-state index contributed by atoms with van der Waals surface area (Å²) in [5.74, 6) is 0. The molecule has 4 heteroatoms. The van der Waals surface area contributed by atoms with Gasteiger partial charge in [0.05, 0.1) is 18.8 Å². The highest BCUT2D eigenvalue weighted by atomic mass is 16.5. The molecule has 0 radical (unpaired) electrons. The Morgan fingerprint density at radius 3 is 2.95 bits per heavy atom. The van der Waals surface area contributed by atoms with Crippen molar-refractivity contribution in [3.05, 3.63) is 18.0 Å². The van der Waals surface area contributed by atoms with Crippen molar-refractivity contribution in [1.29, 1.82) is 0 Å². The number of hydrogen-bond donors (Lipinski definition) is 0. The minimum Gasteiger partial charge on any atom is -0.377 e. The van der Waals surface area contributed by atoms with Crippen molar-refractivity contribution in [2.24, 2.45) is 0 Å². The van der Waals surface area contributed by atoms with Gasteiger partial charge in [-0.3, -0.25) is 9.58 Å². The fourth-order valence-electron chi connectivity index (χ4n) is 3.34. The first-order chi connectivity index (χ1) is 9.31. The van der Waals surface area contributed by atoms with Gasteiger partial charge in [0, 0.05) is 25.4 Å². The molecule has 0 N–H and O–H groups in total. The molecule has 0 aromatic carbocycles. The summed E-state index contributed by atoms with van der Waals surface area (Å²) in [6.45, 7) is 6.43. The lowest BCUT2D eigenvalue weighted by molar-refractivity contribution is -0.00911. The fraction of sp³-hybridized carbons (Fsp3) is 0.800. The Balaban J connectivity index is 1.55. The van der Waals surface area contributed by atoms with E-state index in [-0.39, 0.29) is 0 Å². The predicted octanol–water partition coefficient (Wildman–Crippen LogP) is 2.23. The van der Waals surface area contributed by atoms with Crippen molar-refractivity contribution in [3.63, 3.8) is 0 Å². The van der Waals surface area contributed by atoms with Crippen LogP contribution >= 0.6 is 0 Å². The molecule has 2 aliphatic heterocycles. The van der Waals surface area contributed by atoms with Crippen LogP contribution in [-0.4, -0.2) is 46.5 Å². The maximum absolute atomic E-state index is 5.88. The summed E-state index contributed by atoms with van der Waals surface area (Å²) in [5, 5.41) is 4.42. The summed E-state index contributed by atoms with van der Waals surface area (Å²) >= 11 is 0. The Labute approximate surface area is 115 Å². The van der Waals surface area contributed by atoms with Crippen LogP contribution < -0.4 is 0 Å². The molecule has 2 atom stereocenters. The maximum Gasteiger partial charge on any atom is 0.0702 e. The molecule has 2 aliphatic rings. The average Bonchev–Trinajstić information content (AvgIpc) is 3.01. The van der Waals surface area contributed by atoms with Crippen LogP contribution in [0, 0.1) is 6.92 Å². The number of aromatic nitrogens is 2. The monoisotopic (exact) mass is 263 g/mol. The molecule has 4 nitrogen and oxygen atoms in total. The van der Waals surface area contributed by atoms with E-state index in [1.165, 1.54) is 44.2 Å². The van der Waals surface area contributed by atoms with Crippen molar-refractivity contribution in [2.45, 2.75) is 57.7 Å². The Morgan fingerprint density at radius 1 is 1.26 bits per heavy atom. The molecule has 1 aromatic heterocycles. The molecular formula is C15H25N3O. The van der Waals surface area contributed by atoms with Crippen molar-refractivity contribution in [3.8, 4) is 0 Å². The lowest BCUT2D eigenvalue weighted by Gasteiger charge is -2.31. The second-order valence-electron chi connectivity index (χ2n) is 6.02. The van der Waals surface area contributed by atoms with E-state index >= 15 is 0 Å². The normalized spacial score (nSPS) is 28.9. The molecule has 0 saturated carbocycles. The number of aryl methyl sites for hydroxylation is 1. The Kier molecular flexibility index (Phi) is 4.18. The van der Waals surface area contributed by atoms with E-state index in [1.807, 2.05) is 6.20 Å².